The Hall–Kier alpha value is -2.55. The van der Waals surface area contributed by atoms with Crippen LogP contribution in [0.4, 0.5) is 18.9 Å². The van der Waals surface area contributed by atoms with Gasteiger partial charge in [-0.1, -0.05) is 35.9 Å². The van der Waals surface area contributed by atoms with Gasteiger partial charge in [-0.15, -0.1) is 0 Å². The summed E-state index contributed by atoms with van der Waals surface area (Å²) in [7, 11) is -4.01. The van der Waals surface area contributed by atoms with Gasteiger partial charge in [0.15, 0.2) is 0 Å². The quantitative estimate of drug-likeness (QED) is 0.787. The molecule has 9 heteroatoms. The zero-order valence-electron chi connectivity index (χ0n) is 15.6. The number of amides is 1. The number of carbonyl (C=O) groups excluding carboxylic acids is 1. The van der Waals surface area contributed by atoms with Gasteiger partial charge in [-0.05, 0) is 37.6 Å². The third-order valence-electron chi connectivity index (χ3n) is 4.10. The van der Waals surface area contributed by atoms with E-state index in [1.165, 1.54) is 13.0 Å². The number of hydrogen-bond acceptors (Lipinski definition) is 3. The van der Waals surface area contributed by atoms with Crippen LogP contribution in [-0.4, -0.2) is 26.6 Å². The lowest BCUT2D eigenvalue weighted by Gasteiger charge is -2.28. The third kappa shape index (κ3) is 5.48. The number of rotatable bonds is 6. The molecule has 0 fully saturated rings. The van der Waals surface area contributed by atoms with Gasteiger partial charge in [0.1, 0.15) is 6.04 Å². The van der Waals surface area contributed by atoms with Crippen LogP contribution in [0.3, 0.4) is 0 Å². The number of aryl methyl sites for hydroxylation is 1. The molecule has 1 atom stereocenters. The van der Waals surface area contributed by atoms with Crippen molar-refractivity contribution in [3.63, 3.8) is 0 Å². The lowest BCUT2D eigenvalue weighted by Crippen LogP contribution is -2.47. The highest BCUT2D eigenvalue weighted by Crippen LogP contribution is 2.32. The minimum Gasteiger partial charge on any atom is -0.350 e. The van der Waals surface area contributed by atoms with Gasteiger partial charge in [0, 0.05) is 6.54 Å². The van der Waals surface area contributed by atoms with Gasteiger partial charge in [0.2, 0.25) is 15.9 Å². The molecule has 0 spiro atoms. The smallest absolute Gasteiger partial charge is 0.350 e. The highest BCUT2D eigenvalue weighted by Gasteiger charge is 2.34. The molecule has 1 amide bonds. The number of halogens is 3. The highest BCUT2D eigenvalue weighted by atomic mass is 32.2. The molecule has 0 aliphatic heterocycles. The lowest BCUT2D eigenvalue weighted by atomic mass is 10.1. The summed E-state index contributed by atoms with van der Waals surface area (Å²) in [5.41, 5.74) is 0.647. The second-order valence-electron chi connectivity index (χ2n) is 6.49. The molecule has 0 saturated heterocycles. The lowest BCUT2D eigenvalue weighted by molar-refractivity contribution is -0.137. The molecule has 5 nitrogen and oxygen atoms in total. The Morgan fingerprint density at radius 2 is 1.75 bits per heavy atom. The second-order valence-corrected chi connectivity index (χ2v) is 8.35. The summed E-state index contributed by atoms with van der Waals surface area (Å²) in [5.74, 6) is -0.622. The molecule has 1 N–H and O–H groups in total. The maximum atomic E-state index is 13.0. The zero-order valence-corrected chi connectivity index (χ0v) is 16.4. The van der Waals surface area contributed by atoms with Crippen LogP contribution in [0.5, 0.6) is 0 Å². The van der Waals surface area contributed by atoms with E-state index in [0.29, 0.717) is 10.4 Å². The van der Waals surface area contributed by atoms with Crippen LogP contribution in [0.2, 0.25) is 0 Å². The summed E-state index contributed by atoms with van der Waals surface area (Å²) in [4.78, 5) is 12.5. The maximum Gasteiger partial charge on any atom is 0.416 e. The fraction of sp³-hybridized carbons (Fsp3) is 0.316. The van der Waals surface area contributed by atoms with Crippen molar-refractivity contribution in [1.29, 1.82) is 0 Å². The van der Waals surface area contributed by atoms with Crippen LogP contribution in [0.15, 0.2) is 48.5 Å². The van der Waals surface area contributed by atoms with E-state index in [9.17, 15) is 26.4 Å². The van der Waals surface area contributed by atoms with Crippen molar-refractivity contribution in [2.75, 3.05) is 10.6 Å². The van der Waals surface area contributed by atoms with Gasteiger partial charge in [0.05, 0.1) is 17.5 Å². The van der Waals surface area contributed by atoms with E-state index in [0.717, 1.165) is 29.5 Å². The van der Waals surface area contributed by atoms with Crippen LogP contribution in [0, 0.1) is 6.92 Å². The topological polar surface area (TPSA) is 66.5 Å². The van der Waals surface area contributed by atoms with Gasteiger partial charge in [-0.3, -0.25) is 9.10 Å². The van der Waals surface area contributed by atoms with Crippen molar-refractivity contribution >= 4 is 21.6 Å². The van der Waals surface area contributed by atoms with E-state index in [1.54, 1.807) is 0 Å². The molecular weight excluding hydrogens is 393 g/mol. The first-order valence-corrected chi connectivity index (χ1v) is 10.2. The number of nitrogens with zero attached hydrogens (tertiary/aromatic N) is 1. The van der Waals surface area contributed by atoms with Crippen LogP contribution in [0.25, 0.3) is 0 Å². The van der Waals surface area contributed by atoms with Crippen LogP contribution in [-0.2, 0) is 27.5 Å². The van der Waals surface area contributed by atoms with E-state index in [-0.39, 0.29) is 12.2 Å². The number of hydrogen-bond donors (Lipinski definition) is 1. The Morgan fingerprint density at radius 1 is 1.14 bits per heavy atom. The molecular formula is C19H21F3N2O3S. The zero-order chi connectivity index (χ0) is 21.1. The molecule has 0 heterocycles. The van der Waals surface area contributed by atoms with Gasteiger partial charge in [-0.2, -0.15) is 13.2 Å². The number of nitrogens with one attached hydrogen (secondary N) is 1. The Balaban J connectivity index is 2.25. The van der Waals surface area contributed by atoms with Gasteiger partial charge in [-0.25, -0.2) is 8.42 Å². The Bertz CT molecular complexity index is 942. The molecule has 2 aromatic carbocycles. The van der Waals surface area contributed by atoms with Crippen LogP contribution in [0.1, 0.15) is 23.6 Å². The molecule has 2 rings (SSSR count). The van der Waals surface area contributed by atoms with E-state index in [4.69, 9.17) is 0 Å². The second kappa shape index (κ2) is 8.22. The monoisotopic (exact) mass is 414 g/mol. The summed E-state index contributed by atoms with van der Waals surface area (Å²) in [6, 6.07) is 10.0. The van der Waals surface area contributed by atoms with Gasteiger partial charge in [0.25, 0.3) is 0 Å². The first-order chi connectivity index (χ1) is 12.9. The summed E-state index contributed by atoms with van der Waals surface area (Å²) in [5, 5.41) is 2.62. The minimum absolute atomic E-state index is 0.170. The summed E-state index contributed by atoms with van der Waals surface area (Å²) in [6.07, 6.45) is -3.78. The van der Waals surface area contributed by atoms with E-state index in [2.05, 4.69) is 5.32 Å². The largest absolute Gasteiger partial charge is 0.416 e. The number of benzene rings is 2. The first-order valence-electron chi connectivity index (χ1n) is 8.39. The SMILES string of the molecule is Cc1ccc(CNC(=O)C(C)N(c2cccc(C(F)(F)F)c2)S(C)(=O)=O)cc1. The molecule has 2 aromatic rings. The van der Waals surface area contributed by atoms with Crippen molar-refractivity contribution in [2.45, 2.75) is 32.6 Å². The predicted molar refractivity (Wildman–Crippen MR) is 101 cm³/mol. The first kappa shape index (κ1) is 21.7. The van der Waals surface area contributed by atoms with Crippen molar-refractivity contribution < 1.29 is 26.4 Å². The molecule has 28 heavy (non-hydrogen) atoms. The average Bonchev–Trinajstić information content (AvgIpc) is 2.59. The molecule has 152 valence electrons. The Labute approximate surface area is 162 Å². The Kier molecular flexibility index (Phi) is 6.38. The van der Waals surface area contributed by atoms with E-state index >= 15 is 0 Å². The summed E-state index contributed by atoms with van der Waals surface area (Å²) < 4.78 is 64.0. The third-order valence-corrected chi connectivity index (χ3v) is 5.35. The van der Waals surface area contributed by atoms with Crippen LogP contribution >= 0.6 is 0 Å². The molecule has 0 radical (unpaired) electrons. The predicted octanol–water partition coefficient (Wildman–Crippen LogP) is 3.48. The molecule has 0 bridgehead atoms. The highest BCUT2D eigenvalue weighted by molar-refractivity contribution is 7.92. The fourth-order valence-corrected chi connectivity index (χ4v) is 3.84. The van der Waals surface area contributed by atoms with Gasteiger partial charge < -0.3 is 5.32 Å². The average molecular weight is 414 g/mol. The fourth-order valence-electron chi connectivity index (χ4n) is 2.67. The standard InChI is InChI=1S/C19H21F3N2O3S/c1-13-7-9-15(10-8-13)12-23-18(25)14(2)24(28(3,26)27)17-6-4-5-16(11-17)19(20,21)22/h4-11,14H,12H2,1-3H3,(H,23,25). The summed E-state index contributed by atoms with van der Waals surface area (Å²) >= 11 is 0. The minimum atomic E-state index is -4.63. The summed E-state index contributed by atoms with van der Waals surface area (Å²) in [6.45, 7) is 3.42. The maximum absolute atomic E-state index is 13.0. The normalized spacial score (nSPS) is 13.1. The molecule has 0 saturated carbocycles. The molecule has 0 aliphatic rings. The van der Waals surface area contributed by atoms with Crippen molar-refractivity contribution in [1.82, 2.24) is 5.32 Å². The van der Waals surface area contributed by atoms with Crippen molar-refractivity contribution in [2.24, 2.45) is 0 Å². The van der Waals surface area contributed by atoms with E-state index in [1.807, 2.05) is 31.2 Å². The van der Waals surface area contributed by atoms with Crippen LogP contribution < -0.4 is 9.62 Å². The van der Waals surface area contributed by atoms with Crippen molar-refractivity contribution in [3.8, 4) is 0 Å². The number of anilines is 1. The number of alkyl halides is 3. The molecule has 0 aliphatic carbocycles. The molecule has 0 aromatic heterocycles. The van der Waals surface area contributed by atoms with Crippen molar-refractivity contribution in [3.05, 3.63) is 65.2 Å². The van der Waals surface area contributed by atoms with Gasteiger partial charge >= 0.3 is 6.18 Å². The number of sulfonamides is 1. The Morgan fingerprint density at radius 3 is 2.29 bits per heavy atom. The van der Waals surface area contributed by atoms with E-state index < -0.39 is 33.7 Å². The molecule has 1 unspecified atom stereocenters. The number of carbonyl (C=O) groups is 1.